The fourth-order valence-electron chi connectivity index (χ4n) is 2.58. The predicted molar refractivity (Wildman–Crippen MR) is 113 cm³/mol. The van der Waals surface area contributed by atoms with Gasteiger partial charge in [-0.05, 0) is 55.3 Å². The number of alkyl carbamates (subject to hydrolysis) is 1. The zero-order chi connectivity index (χ0) is 20.6. The fourth-order valence-corrected chi connectivity index (χ4v) is 2.58. The summed E-state index contributed by atoms with van der Waals surface area (Å²) >= 11 is 0. The number of methoxy groups -OCH3 is 1. The predicted octanol–water partition coefficient (Wildman–Crippen LogP) is 3.04. The number of nitrogens with one attached hydrogen (secondary N) is 3. The van der Waals surface area contributed by atoms with Crippen molar-refractivity contribution in [2.75, 3.05) is 27.2 Å². The first-order chi connectivity index (χ1) is 13.3. The topological polar surface area (TPSA) is 84.0 Å². The van der Waals surface area contributed by atoms with E-state index in [1.165, 1.54) is 0 Å². The molecule has 0 atom stereocenters. The largest absolute Gasteiger partial charge is 0.497 e. The molecule has 0 saturated carbocycles. The van der Waals surface area contributed by atoms with E-state index in [2.05, 4.69) is 39.1 Å². The lowest BCUT2D eigenvalue weighted by atomic mass is 10.1. The zero-order valence-electron chi connectivity index (χ0n) is 17.3. The molecule has 7 nitrogen and oxygen atoms in total. The van der Waals surface area contributed by atoms with Crippen LogP contribution in [0.25, 0.3) is 10.8 Å². The molecular weight excluding hydrogens is 356 g/mol. The molecule has 0 heterocycles. The molecule has 0 aliphatic heterocycles. The van der Waals surface area contributed by atoms with Gasteiger partial charge in [-0.3, -0.25) is 4.99 Å². The molecule has 2 rings (SSSR count). The van der Waals surface area contributed by atoms with E-state index in [4.69, 9.17) is 9.47 Å². The second-order valence-corrected chi connectivity index (χ2v) is 7.33. The number of hydrogen-bond acceptors (Lipinski definition) is 4. The minimum Gasteiger partial charge on any atom is -0.497 e. The van der Waals surface area contributed by atoms with Gasteiger partial charge >= 0.3 is 6.09 Å². The average Bonchev–Trinajstić information content (AvgIpc) is 2.65. The van der Waals surface area contributed by atoms with E-state index in [1.807, 2.05) is 39.0 Å². The van der Waals surface area contributed by atoms with Crippen molar-refractivity contribution in [2.45, 2.75) is 32.9 Å². The molecule has 0 saturated heterocycles. The second-order valence-electron chi connectivity index (χ2n) is 7.33. The molecule has 2 aromatic rings. The van der Waals surface area contributed by atoms with Crippen molar-refractivity contribution >= 4 is 22.8 Å². The summed E-state index contributed by atoms with van der Waals surface area (Å²) in [6.07, 6.45) is -0.426. The number of hydrogen-bond donors (Lipinski definition) is 3. The summed E-state index contributed by atoms with van der Waals surface area (Å²) in [5, 5.41) is 11.4. The van der Waals surface area contributed by atoms with E-state index in [0.717, 1.165) is 22.1 Å². The van der Waals surface area contributed by atoms with E-state index in [0.29, 0.717) is 25.6 Å². The standard InChI is InChI=1S/C21H30N4O3/c1-21(2,3)28-20(26)24-11-10-23-19(22-4)25-14-15-6-7-17-13-18(27-5)9-8-16(17)12-15/h6-9,12-13H,10-11,14H2,1-5H3,(H,24,26)(H2,22,23,25). The Morgan fingerprint density at radius 1 is 1.00 bits per heavy atom. The van der Waals surface area contributed by atoms with Crippen molar-refractivity contribution in [3.63, 3.8) is 0 Å². The van der Waals surface area contributed by atoms with Crippen LogP contribution in [0.1, 0.15) is 26.3 Å². The lowest BCUT2D eigenvalue weighted by molar-refractivity contribution is 0.0529. The molecule has 0 radical (unpaired) electrons. The van der Waals surface area contributed by atoms with Gasteiger partial charge in [0, 0.05) is 26.7 Å². The Balaban J connectivity index is 1.79. The van der Waals surface area contributed by atoms with E-state index in [1.54, 1.807) is 14.2 Å². The molecule has 1 amide bonds. The van der Waals surface area contributed by atoms with Crippen LogP contribution >= 0.6 is 0 Å². The number of fused-ring (bicyclic) bond motifs is 1. The summed E-state index contributed by atoms with van der Waals surface area (Å²) in [4.78, 5) is 15.8. The summed E-state index contributed by atoms with van der Waals surface area (Å²) < 4.78 is 10.5. The van der Waals surface area contributed by atoms with Gasteiger partial charge in [-0.1, -0.05) is 18.2 Å². The number of amides is 1. The van der Waals surface area contributed by atoms with Gasteiger partial charge in [-0.25, -0.2) is 4.79 Å². The number of benzene rings is 2. The molecule has 7 heteroatoms. The average molecular weight is 386 g/mol. The van der Waals surface area contributed by atoms with E-state index in [-0.39, 0.29) is 0 Å². The van der Waals surface area contributed by atoms with Gasteiger partial charge in [0.25, 0.3) is 0 Å². The van der Waals surface area contributed by atoms with Crippen LogP contribution in [-0.2, 0) is 11.3 Å². The molecule has 3 N–H and O–H groups in total. The first-order valence-electron chi connectivity index (χ1n) is 9.29. The van der Waals surface area contributed by atoms with Crippen LogP contribution in [0, 0.1) is 0 Å². The molecule has 0 spiro atoms. The van der Waals surface area contributed by atoms with Gasteiger partial charge in [-0.15, -0.1) is 0 Å². The number of nitrogens with zero attached hydrogens (tertiary/aromatic N) is 1. The molecule has 0 bridgehead atoms. The van der Waals surface area contributed by atoms with Gasteiger partial charge in [0.2, 0.25) is 0 Å². The number of ether oxygens (including phenoxy) is 2. The Morgan fingerprint density at radius 3 is 2.36 bits per heavy atom. The van der Waals surface area contributed by atoms with Gasteiger partial charge in [0.15, 0.2) is 5.96 Å². The Labute approximate surface area is 166 Å². The maximum atomic E-state index is 11.6. The SMILES string of the molecule is CN=C(NCCNC(=O)OC(C)(C)C)NCc1ccc2cc(OC)ccc2c1. The van der Waals surface area contributed by atoms with Gasteiger partial charge in [0.1, 0.15) is 11.4 Å². The zero-order valence-corrected chi connectivity index (χ0v) is 17.3. The van der Waals surface area contributed by atoms with Crippen LogP contribution in [0.4, 0.5) is 4.79 Å². The summed E-state index contributed by atoms with van der Waals surface area (Å²) in [5.41, 5.74) is 0.646. The smallest absolute Gasteiger partial charge is 0.407 e. The summed E-state index contributed by atoms with van der Waals surface area (Å²) in [5.74, 6) is 1.52. The minimum absolute atomic E-state index is 0.426. The van der Waals surface area contributed by atoms with Gasteiger partial charge < -0.3 is 25.4 Å². The molecule has 0 aromatic heterocycles. The molecule has 0 unspecified atom stereocenters. The molecule has 0 aliphatic rings. The number of rotatable bonds is 6. The highest BCUT2D eigenvalue weighted by Crippen LogP contribution is 2.21. The number of guanidine groups is 1. The Bertz CT molecular complexity index is 828. The Hall–Kier alpha value is -2.96. The third-order valence-electron chi connectivity index (χ3n) is 3.88. The highest BCUT2D eigenvalue weighted by Gasteiger charge is 2.15. The van der Waals surface area contributed by atoms with Crippen molar-refractivity contribution in [1.29, 1.82) is 0 Å². The first kappa shape index (κ1) is 21.3. The van der Waals surface area contributed by atoms with Crippen molar-refractivity contribution in [1.82, 2.24) is 16.0 Å². The lowest BCUT2D eigenvalue weighted by Crippen LogP contribution is -2.42. The van der Waals surface area contributed by atoms with Gasteiger partial charge in [0.05, 0.1) is 7.11 Å². The lowest BCUT2D eigenvalue weighted by Gasteiger charge is -2.20. The Morgan fingerprint density at radius 2 is 1.68 bits per heavy atom. The highest BCUT2D eigenvalue weighted by atomic mass is 16.6. The van der Waals surface area contributed by atoms with E-state index in [9.17, 15) is 4.79 Å². The van der Waals surface area contributed by atoms with Crippen molar-refractivity contribution in [3.05, 3.63) is 42.0 Å². The molecule has 2 aromatic carbocycles. The van der Waals surface area contributed by atoms with Crippen LogP contribution in [0.5, 0.6) is 5.75 Å². The fraction of sp³-hybridized carbons (Fsp3) is 0.429. The summed E-state index contributed by atoms with van der Waals surface area (Å²) in [6.45, 7) is 7.12. The highest BCUT2D eigenvalue weighted by molar-refractivity contribution is 5.85. The quantitative estimate of drug-likeness (QED) is 0.404. The summed E-state index contributed by atoms with van der Waals surface area (Å²) in [6, 6.07) is 12.3. The maximum absolute atomic E-state index is 11.6. The monoisotopic (exact) mass is 386 g/mol. The number of carbonyl (C=O) groups excluding carboxylic acids is 1. The van der Waals surface area contributed by atoms with E-state index >= 15 is 0 Å². The number of aliphatic imine (C=N–C) groups is 1. The molecular formula is C21H30N4O3. The Kier molecular flexibility index (Phi) is 7.49. The molecule has 28 heavy (non-hydrogen) atoms. The van der Waals surface area contributed by atoms with Crippen LogP contribution in [0.2, 0.25) is 0 Å². The third kappa shape index (κ3) is 6.98. The first-order valence-corrected chi connectivity index (χ1v) is 9.29. The third-order valence-corrected chi connectivity index (χ3v) is 3.88. The van der Waals surface area contributed by atoms with Crippen molar-refractivity contribution in [3.8, 4) is 5.75 Å². The van der Waals surface area contributed by atoms with Crippen LogP contribution in [0.15, 0.2) is 41.4 Å². The van der Waals surface area contributed by atoms with E-state index < -0.39 is 11.7 Å². The second kappa shape index (κ2) is 9.82. The molecule has 0 fully saturated rings. The minimum atomic E-state index is -0.500. The van der Waals surface area contributed by atoms with Crippen molar-refractivity contribution in [2.24, 2.45) is 4.99 Å². The van der Waals surface area contributed by atoms with Crippen LogP contribution in [-0.4, -0.2) is 44.9 Å². The molecule has 152 valence electrons. The molecule has 0 aliphatic carbocycles. The normalized spacial score (nSPS) is 11.8. The van der Waals surface area contributed by atoms with Crippen molar-refractivity contribution < 1.29 is 14.3 Å². The van der Waals surface area contributed by atoms with Gasteiger partial charge in [-0.2, -0.15) is 0 Å². The van der Waals surface area contributed by atoms with Crippen LogP contribution in [0.3, 0.4) is 0 Å². The maximum Gasteiger partial charge on any atom is 0.407 e. The summed E-state index contributed by atoms with van der Waals surface area (Å²) in [7, 11) is 3.38. The number of carbonyl (C=O) groups is 1. The van der Waals surface area contributed by atoms with Crippen LogP contribution < -0.4 is 20.7 Å².